The second-order valence-corrected chi connectivity index (χ2v) is 10.4. The van der Waals surface area contributed by atoms with E-state index in [-0.39, 0.29) is 10.8 Å². The average molecular weight is 393 g/mol. The Labute approximate surface area is 164 Å². The standard InChI is InChI=1S/C22H30ClO2P/c1-15-11-9-13-17(21(3,4)5)19(15)24-26(23)25-20-16(2)12-10-14-18(20)22(6,7)8/h9-14H,1-8H3. The van der Waals surface area contributed by atoms with Crippen molar-refractivity contribution in [3.05, 3.63) is 58.7 Å². The van der Waals surface area contributed by atoms with E-state index >= 15 is 0 Å². The van der Waals surface area contributed by atoms with Crippen LogP contribution in [0.5, 0.6) is 11.5 Å². The number of aryl methyl sites for hydroxylation is 2. The van der Waals surface area contributed by atoms with Gasteiger partial charge in [0.05, 0.1) is 0 Å². The van der Waals surface area contributed by atoms with E-state index in [1.54, 1.807) is 0 Å². The van der Waals surface area contributed by atoms with E-state index in [9.17, 15) is 0 Å². The molecule has 142 valence electrons. The van der Waals surface area contributed by atoms with Crippen molar-refractivity contribution in [2.45, 2.75) is 66.2 Å². The van der Waals surface area contributed by atoms with Crippen LogP contribution in [-0.2, 0) is 10.8 Å². The summed E-state index contributed by atoms with van der Waals surface area (Å²) in [7, 11) is -1.62. The lowest BCUT2D eigenvalue weighted by Gasteiger charge is -2.27. The Balaban J connectivity index is 2.34. The van der Waals surface area contributed by atoms with E-state index in [1.165, 1.54) is 0 Å². The molecular formula is C22H30ClO2P. The van der Waals surface area contributed by atoms with E-state index in [4.69, 9.17) is 20.3 Å². The number of rotatable bonds is 4. The Morgan fingerprint density at radius 2 is 1.04 bits per heavy atom. The highest BCUT2D eigenvalue weighted by Gasteiger charge is 2.26. The van der Waals surface area contributed by atoms with Gasteiger partial charge >= 0.3 is 7.73 Å². The third kappa shape index (κ3) is 4.93. The highest BCUT2D eigenvalue weighted by Crippen LogP contribution is 2.50. The first-order valence-corrected chi connectivity index (χ1v) is 11.0. The fraction of sp³-hybridized carbons (Fsp3) is 0.455. The van der Waals surface area contributed by atoms with Crippen molar-refractivity contribution < 1.29 is 9.05 Å². The second-order valence-electron chi connectivity index (χ2n) is 8.80. The number of hydrogen-bond donors (Lipinski definition) is 0. The molecule has 26 heavy (non-hydrogen) atoms. The van der Waals surface area contributed by atoms with Gasteiger partial charge in [-0.15, -0.1) is 0 Å². The fourth-order valence-corrected chi connectivity index (χ4v) is 4.11. The van der Waals surface area contributed by atoms with Crippen molar-refractivity contribution in [2.75, 3.05) is 0 Å². The van der Waals surface area contributed by atoms with Crippen molar-refractivity contribution in [1.82, 2.24) is 0 Å². The van der Waals surface area contributed by atoms with E-state index in [2.05, 4.69) is 65.8 Å². The summed E-state index contributed by atoms with van der Waals surface area (Å²) in [4.78, 5) is 0. The van der Waals surface area contributed by atoms with Crippen LogP contribution in [0.25, 0.3) is 0 Å². The zero-order valence-electron chi connectivity index (χ0n) is 17.1. The Kier molecular flexibility index (Phi) is 6.31. The number of halogens is 1. The van der Waals surface area contributed by atoms with E-state index in [0.29, 0.717) is 0 Å². The van der Waals surface area contributed by atoms with E-state index < -0.39 is 7.73 Å². The van der Waals surface area contributed by atoms with Crippen LogP contribution in [-0.4, -0.2) is 0 Å². The number of hydrogen-bond acceptors (Lipinski definition) is 2. The Bertz CT molecular complexity index is 707. The molecule has 2 aromatic rings. The first kappa shape index (κ1) is 21.1. The summed E-state index contributed by atoms with van der Waals surface area (Å²) in [5.41, 5.74) is 4.33. The van der Waals surface area contributed by atoms with Gasteiger partial charge in [-0.2, -0.15) is 0 Å². The summed E-state index contributed by atoms with van der Waals surface area (Å²) in [5.74, 6) is 1.65. The van der Waals surface area contributed by atoms with Crippen LogP contribution in [0, 0.1) is 13.8 Å². The zero-order chi connectivity index (χ0) is 19.7. The molecule has 0 saturated carbocycles. The second kappa shape index (κ2) is 7.79. The molecule has 0 aliphatic carbocycles. The van der Waals surface area contributed by atoms with Gasteiger partial charge in [0.25, 0.3) is 0 Å². The van der Waals surface area contributed by atoms with Gasteiger partial charge in [0.2, 0.25) is 0 Å². The minimum Gasteiger partial charge on any atom is -0.427 e. The van der Waals surface area contributed by atoms with Crippen LogP contribution in [0.4, 0.5) is 0 Å². The summed E-state index contributed by atoms with van der Waals surface area (Å²) in [5, 5.41) is 0. The summed E-state index contributed by atoms with van der Waals surface area (Å²) in [6.07, 6.45) is 0. The predicted molar refractivity (Wildman–Crippen MR) is 114 cm³/mol. The third-order valence-electron chi connectivity index (χ3n) is 4.37. The zero-order valence-corrected chi connectivity index (χ0v) is 18.8. The minimum absolute atomic E-state index is 0.0341. The molecule has 0 aromatic heterocycles. The Morgan fingerprint density at radius 1 is 0.692 bits per heavy atom. The van der Waals surface area contributed by atoms with Crippen molar-refractivity contribution in [1.29, 1.82) is 0 Å². The molecular weight excluding hydrogens is 363 g/mol. The fourth-order valence-electron chi connectivity index (χ4n) is 2.89. The van der Waals surface area contributed by atoms with Crippen molar-refractivity contribution in [3.8, 4) is 11.5 Å². The van der Waals surface area contributed by atoms with Crippen molar-refractivity contribution in [2.24, 2.45) is 0 Å². The van der Waals surface area contributed by atoms with Crippen LogP contribution in [0.15, 0.2) is 36.4 Å². The van der Waals surface area contributed by atoms with Crippen LogP contribution in [0.1, 0.15) is 63.8 Å². The minimum atomic E-state index is -1.62. The van der Waals surface area contributed by atoms with Crippen molar-refractivity contribution in [3.63, 3.8) is 0 Å². The Hall–Kier alpha value is -1.24. The Morgan fingerprint density at radius 3 is 1.35 bits per heavy atom. The maximum Gasteiger partial charge on any atom is 0.401 e. The molecule has 2 rings (SSSR count). The average Bonchev–Trinajstić information content (AvgIpc) is 2.49. The first-order valence-electron chi connectivity index (χ1n) is 8.93. The van der Waals surface area contributed by atoms with Gasteiger partial charge in [-0.05, 0) is 47.0 Å². The topological polar surface area (TPSA) is 18.5 Å². The highest BCUT2D eigenvalue weighted by molar-refractivity contribution is 7.76. The molecule has 0 heterocycles. The van der Waals surface area contributed by atoms with Crippen molar-refractivity contribution >= 4 is 19.0 Å². The summed E-state index contributed by atoms with van der Waals surface area (Å²) in [6.45, 7) is 17.1. The molecule has 0 unspecified atom stereocenters. The molecule has 0 spiro atoms. The van der Waals surface area contributed by atoms with Gasteiger partial charge in [-0.1, -0.05) is 77.9 Å². The van der Waals surface area contributed by atoms with Gasteiger partial charge in [0, 0.05) is 11.1 Å². The maximum absolute atomic E-state index is 6.56. The van der Waals surface area contributed by atoms with Gasteiger partial charge in [0.1, 0.15) is 11.5 Å². The summed E-state index contributed by atoms with van der Waals surface area (Å²) in [6, 6.07) is 12.4. The SMILES string of the molecule is Cc1cccc(C(C)(C)C)c1OP(Cl)Oc1c(C)cccc1C(C)(C)C. The third-order valence-corrected chi connectivity index (χ3v) is 5.43. The largest absolute Gasteiger partial charge is 0.427 e. The molecule has 0 amide bonds. The van der Waals surface area contributed by atoms with E-state index in [0.717, 1.165) is 33.8 Å². The molecule has 2 nitrogen and oxygen atoms in total. The van der Waals surface area contributed by atoms with Gasteiger partial charge < -0.3 is 9.05 Å². The molecule has 2 aromatic carbocycles. The van der Waals surface area contributed by atoms with E-state index in [1.807, 2.05) is 26.0 Å². The predicted octanol–water partition coefficient (Wildman–Crippen LogP) is 7.82. The first-order chi connectivity index (χ1) is 11.9. The monoisotopic (exact) mass is 392 g/mol. The molecule has 0 aliphatic heterocycles. The highest BCUT2D eigenvalue weighted by atomic mass is 35.7. The van der Waals surface area contributed by atoms with Crippen LogP contribution < -0.4 is 9.05 Å². The summed E-state index contributed by atoms with van der Waals surface area (Å²) < 4.78 is 12.3. The smallest absolute Gasteiger partial charge is 0.401 e. The number of para-hydroxylation sites is 2. The molecule has 0 aliphatic rings. The molecule has 0 saturated heterocycles. The lowest BCUT2D eigenvalue weighted by atomic mass is 9.85. The van der Waals surface area contributed by atoms with Gasteiger partial charge in [-0.3, -0.25) is 0 Å². The van der Waals surface area contributed by atoms with Crippen LogP contribution >= 0.6 is 19.0 Å². The molecule has 0 fully saturated rings. The lowest BCUT2D eigenvalue weighted by molar-refractivity contribution is 0.470. The normalized spacial score (nSPS) is 12.4. The molecule has 0 N–H and O–H groups in total. The molecule has 4 heteroatoms. The van der Waals surface area contributed by atoms with Gasteiger partial charge in [0.15, 0.2) is 0 Å². The molecule has 0 atom stereocenters. The quantitative estimate of drug-likeness (QED) is 0.493. The van der Waals surface area contributed by atoms with Crippen LogP contribution in [0.2, 0.25) is 0 Å². The molecule has 0 bridgehead atoms. The maximum atomic E-state index is 6.56. The van der Waals surface area contributed by atoms with Crippen LogP contribution in [0.3, 0.4) is 0 Å². The number of benzene rings is 2. The molecule has 0 radical (unpaired) electrons. The van der Waals surface area contributed by atoms with Gasteiger partial charge in [-0.25, -0.2) is 0 Å². The summed E-state index contributed by atoms with van der Waals surface area (Å²) >= 11 is 6.56. The lowest BCUT2D eigenvalue weighted by Crippen LogP contribution is -2.14.